The molecule has 4 nitrogen and oxygen atoms in total. The minimum Gasteiger partial charge on any atom is -0.310 e. The van der Waals surface area contributed by atoms with Crippen LogP contribution in [0.1, 0.15) is 25.0 Å². The molecule has 1 aliphatic rings. The summed E-state index contributed by atoms with van der Waals surface area (Å²) < 4.78 is 2.31. The third-order valence-corrected chi connectivity index (χ3v) is 14.0. The lowest BCUT2D eigenvalue weighted by Gasteiger charge is -2.34. The van der Waals surface area contributed by atoms with Gasteiger partial charge >= 0.3 is 0 Å². The standard InChI is InChI=1S/C63H44N4/c1-63(2)54-24-13-11-23-52(54)60-59-55(63)25-15-26-56(59)64-62(65-60)67-58-39-37-48(40-53(58)51-38-34-45-20-9-10-22-50(45)61(51)67)66(47-35-32-44(33-36-47)42-18-7-4-8-19-42)57-27-14-12-21-49(57)46-30-28-43(29-31-46)41-16-5-3-6-17-41/h3-40H,1-2H3. The number of nitrogens with zero attached hydrogens (tertiary/aromatic N) is 4. The highest BCUT2D eigenvalue weighted by molar-refractivity contribution is 6.19. The van der Waals surface area contributed by atoms with Crippen molar-refractivity contribution in [1.29, 1.82) is 0 Å². The van der Waals surface area contributed by atoms with Gasteiger partial charge in [0.25, 0.3) is 0 Å². The molecule has 0 bridgehead atoms. The summed E-state index contributed by atoms with van der Waals surface area (Å²) in [5.41, 5.74) is 17.8. The quantitative estimate of drug-likeness (QED) is 0.160. The summed E-state index contributed by atoms with van der Waals surface area (Å²) in [6.07, 6.45) is 0. The van der Waals surface area contributed by atoms with Crippen LogP contribution in [0.2, 0.25) is 0 Å². The van der Waals surface area contributed by atoms with Crippen LogP contribution in [0.3, 0.4) is 0 Å². The van der Waals surface area contributed by atoms with Crippen LogP contribution in [-0.4, -0.2) is 14.5 Å². The molecule has 2 aromatic heterocycles. The molecule has 316 valence electrons. The van der Waals surface area contributed by atoms with Gasteiger partial charge in [-0.2, -0.15) is 0 Å². The van der Waals surface area contributed by atoms with E-state index < -0.39 is 0 Å². The molecule has 0 amide bonds. The number of anilines is 3. The molecule has 12 aromatic rings. The van der Waals surface area contributed by atoms with Gasteiger partial charge in [-0.15, -0.1) is 0 Å². The molecule has 0 fully saturated rings. The van der Waals surface area contributed by atoms with Gasteiger partial charge in [-0.05, 0) is 86.8 Å². The summed E-state index contributed by atoms with van der Waals surface area (Å²) in [7, 11) is 0. The fraction of sp³-hybridized carbons (Fsp3) is 0.0476. The topological polar surface area (TPSA) is 34.0 Å². The summed E-state index contributed by atoms with van der Waals surface area (Å²) in [6.45, 7) is 4.63. The first-order valence-corrected chi connectivity index (χ1v) is 23.1. The third-order valence-electron chi connectivity index (χ3n) is 14.0. The molecule has 0 radical (unpaired) electrons. The highest BCUT2D eigenvalue weighted by atomic mass is 15.2. The molecule has 0 spiro atoms. The van der Waals surface area contributed by atoms with E-state index in [4.69, 9.17) is 9.97 Å². The Bertz CT molecular complexity index is 3870. The number of benzene rings is 10. The molecule has 2 heterocycles. The van der Waals surface area contributed by atoms with Gasteiger partial charge in [0.15, 0.2) is 0 Å². The molecule has 0 unspecified atom stereocenters. The van der Waals surface area contributed by atoms with Gasteiger partial charge in [0.05, 0.1) is 27.9 Å². The fourth-order valence-electron chi connectivity index (χ4n) is 10.7. The lowest BCUT2D eigenvalue weighted by Crippen LogP contribution is -2.24. The highest BCUT2D eigenvalue weighted by Crippen LogP contribution is 2.49. The van der Waals surface area contributed by atoms with Crippen LogP contribution in [0.5, 0.6) is 0 Å². The van der Waals surface area contributed by atoms with Crippen molar-refractivity contribution in [3.8, 4) is 50.6 Å². The summed E-state index contributed by atoms with van der Waals surface area (Å²) in [5.74, 6) is 0.663. The summed E-state index contributed by atoms with van der Waals surface area (Å²) >= 11 is 0. The Morgan fingerprint density at radius 2 is 1.01 bits per heavy atom. The van der Waals surface area contributed by atoms with Crippen LogP contribution in [0.4, 0.5) is 17.1 Å². The van der Waals surface area contributed by atoms with Gasteiger partial charge in [-0.25, -0.2) is 9.97 Å². The van der Waals surface area contributed by atoms with Crippen LogP contribution < -0.4 is 4.90 Å². The maximum Gasteiger partial charge on any atom is 0.235 e. The van der Waals surface area contributed by atoms with Crippen molar-refractivity contribution in [2.45, 2.75) is 19.3 Å². The van der Waals surface area contributed by atoms with Gasteiger partial charge in [-0.3, -0.25) is 4.57 Å². The van der Waals surface area contributed by atoms with E-state index in [1.54, 1.807) is 0 Å². The average Bonchev–Trinajstić information content (AvgIpc) is 3.73. The lowest BCUT2D eigenvalue weighted by atomic mass is 9.70. The van der Waals surface area contributed by atoms with Crippen molar-refractivity contribution >= 4 is 60.5 Å². The summed E-state index contributed by atoms with van der Waals surface area (Å²) in [6, 6.07) is 83.3. The molecular formula is C63H44N4. The summed E-state index contributed by atoms with van der Waals surface area (Å²) in [4.78, 5) is 13.5. The zero-order valence-corrected chi connectivity index (χ0v) is 37.2. The van der Waals surface area contributed by atoms with Gasteiger partial charge in [-0.1, -0.05) is 202 Å². The lowest BCUT2D eigenvalue weighted by molar-refractivity contribution is 0.643. The van der Waals surface area contributed by atoms with Crippen molar-refractivity contribution in [3.63, 3.8) is 0 Å². The Hall–Kier alpha value is -8.60. The molecule has 13 rings (SSSR count). The molecule has 4 heteroatoms. The average molecular weight is 857 g/mol. The van der Waals surface area contributed by atoms with Gasteiger partial charge in [0.1, 0.15) is 0 Å². The highest BCUT2D eigenvalue weighted by Gasteiger charge is 2.35. The molecule has 0 N–H and O–H groups in total. The molecular weight excluding hydrogens is 813 g/mol. The van der Waals surface area contributed by atoms with E-state index in [0.717, 1.165) is 77.5 Å². The first-order valence-electron chi connectivity index (χ1n) is 23.1. The number of hydrogen-bond acceptors (Lipinski definition) is 3. The van der Waals surface area contributed by atoms with Crippen LogP contribution in [0, 0.1) is 0 Å². The maximum atomic E-state index is 5.59. The third kappa shape index (κ3) is 6.21. The molecule has 0 atom stereocenters. The first kappa shape index (κ1) is 38.8. The predicted octanol–water partition coefficient (Wildman–Crippen LogP) is 16.7. The predicted molar refractivity (Wildman–Crippen MR) is 280 cm³/mol. The number of hydrogen-bond donors (Lipinski definition) is 0. The maximum absolute atomic E-state index is 5.59. The second-order valence-electron chi connectivity index (χ2n) is 18.2. The Kier molecular flexibility index (Phi) is 8.84. The number of para-hydroxylation sites is 1. The van der Waals surface area contributed by atoms with E-state index in [9.17, 15) is 0 Å². The summed E-state index contributed by atoms with van der Waals surface area (Å²) in [5, 5.41) is 5.73. The normalized spacial score (nSPS) is 12.7. The monoisotopic (exact) mass is 856 g/mol. The van der Waals surface area contributed by atoms with E-state index in [1.807, 2.05) is 0 Å². The van der Waals surface area contributed by atoms with Gasteiger partial charge in [0.2, 0.25) is 5.95 Å². The van der Waals surface area contributed by atoms with E-state index in [-0.39, 0.29) is 5.41 Å². The molecule has 1 aliphatic carbocycles. The molecule has 0 saturated carbocycles. The van der Waals surface area contributed by atoms with Crippen LogP contribution in [0.25, 0.3) is 94.1 Å². The first-order chi connectivity index (χ1) is 33.0. The smallest absolute Gasteiger partial charge is 0.235 e. The molecule has 10 aromatic carbocycles. The zero-order chi connectivity index (χ0) is 44.6. The van der Waals surface area contributed by atoms with E-state index in [2.05, 4.69) is 254 Å². The molecule has 67 heavy (non-hydrogen) atoms. The Labute approximate surface area is 389 Å². The Morgan fingerprint density at radius 3 is 1.78 bits per heavy atom. The second kappa shape index (κ2) is 15.3. The Morgan fingerprint density at radius 1 is 0.418 bits per heavy atom. The van der Waals surface area contributed by atoms with Gasteiger partial charge < -0.3 is 4.90 Å². The number of rotatable bonds is 7. The van der Waals surface area contributed by atoms with E-state index >= 15 is 0 Å². The molecule has 0 aliphatic heterocycles. The van der Waals surface area contributed by atoms with E-state index in [1.165, 1.54) is 38.8 Å². The van der Waals surface area contributed by atoms with E-state index in [0.29, 0.717) is 5.95 Å². The van der Waals surface area contributed by atoms with Crippen LogP contribution >= 0.6 is 0 Å². The van der Waals surface area contributed by atoms with Crippen molar-refractivity contribution in [3.05, 3.63) is 242 Å². The SMILES string of the molecule is CC1(C)c2ccccc2-c2nc(-n3c4ccc(N(c5ccc(-c6ccccc6)cc5)c5ccccc5-c5ccc(-c6ccccc6)cc5)cc4c4ccc5ccccc5c43)nc3cccc1c23. The molecule has 0 saturated heterocycles. The van der Waals surface area contributed by atoms with Crippen molar-refractivity contribution in [1.82, 2.24) is 14.5 Å². The minimum atomic E-state index is -0.189. The minimum absolute atomic E-state index is 0.189. The zero-order valence-electron chi connectivity index (χ0n) is 37.2. The van der Waals surface area contributed by atoms with Crippen LogP contribution in [-0.2, 0) is 5.41 Å². The van der Waals surface area contributed by atoms with Gasteiger partial charge in [0, 0.05) is 49.5 Å². The van der Waals surface area contributed by atoms with Crippen molar-refractivity contribution in [2.75, 3.05) is 4.90 Å². The van der Waals surface area contributed by atoms with Crippen molar-refractivity contribution in [2.24, 2.45) is 0 Å². The number of aromatic nitrogens is 3. The Balaban J connectivity index is 1.04. The fourth-order valence-corrected chi connectivity index (χ4v) is 10.7. The van der Waals surface area contributed by atoms with Crippen molar-refractivity contribution < 1.29 is 0 Å². The second-order valence-corrected chi connectivity index (χ2v) is 18.2. The largest absolute Gasteiger partial charge is 0.310 e. The number of fused-ring (bicyclic) bond motifs is 7. The van der Waals surface area contributed by atoms with Crippen LogP contribution in [0.15, 0.2) is 231 Å².